The first-order valence-corrected chi connectivity index (χ1v) is 12.1. The predicted molar refractivity (Wildman–Crippen MR) is 131 cm³/mol. The van der Waals surface area contributed by atoms with Gasteiger partial charge in [-0.15, -0.1) is 0 Å². The van der Waals surface area contributed by atoms with Crippen LogP contribution in [0, 0.1) is 0 Å². The highest BCUT2D eigenvalue weighted by Crippen LogP contribution is 2.35. The first-order chi connectivity index (χ1) is 16.4. The van der Waals surface area contributed by atoms with Crippen molar-refractivity contribution in [3.05, 3.63) is 64.1 Å². The summed E-state index contributed by atoms with van der Waals surface area (Å²) < 4.78 is 5.62. The fourth-order valence-corrected chi connectivity index (χ4v) is 4.93. The summed E-state index contributed by atoms with van der Waals surface area (Å²) in [6.07, 6.45) is 1.65. The second kappa shape index (κ2) is 9.61. The van der Waals surface area contributed by atoms with Gasteiger partial charge in [-0.1, -0.05) is 30.3 Å². The molecule has 3 aliphatic heterocycles. The molecular weight excluding hydrogens is 452 g/mol. The molecule has 5 rings (SSSR count). The molecule has 3 heterocycles. The normalized spacial score (nSPS) is 20.4. The lowest BCUT2D eigenvalue weighted by Gasteiger charge is -2.32. The summed E-state index contributed by atoms with van der Waals surface area (Å²) in [5, 5.41) is 1.87. The topological polar surface area (TPSA) is 82.2 Å². The molecule has 0 aliphatic carbocycles. The molecule has 0 bridgehead atoms. The standard InChI is InChI=1S/C25H26N4O4S/c1-27-8-10-28(11-9-27)14-17-2-4-18(5-3-17)15-29-20-12-19(6-7-21(20)33-16-23(29)30)13-22-24(31)26-25(32)34-22/h2-7,12-13H,8-11,14-16H2,1H3,(H,26,31,32)/b22-13-. The number of nitrogens with one attached hydrogen (secondary N) is 1. The molecular formula is C25H26N4O4S. The molecule has 3 aliphatic rings. The first kappa shape index (κ1) is 22.6. The van der Waals surface area contributed by atoms with Crippen LogP contribution in [0.15, 0.2) is 47.4 Å². The number of likely N-dealkylation sites (N-methyl/N-ethyl adjacent to an activating group) is 1. The number of carbonyl (C=O) groups is 3. The first-order valence-electron chi connectivity index (χ1n) is 11.3. The molecule has 2 saturated heterocycles. The SMILES string of the molecule is CN1CCN(Cc2ccc(CN3C(=O)COc4ccc(/C=C5\SC(=O)NC5=O)cc43)cc2)CC1. The highest BCUT2D eigenvalue weighted by molar-refractivity contribution is 8.18. The monoisotopic (exact) mass is 478 g/mol. The summed E-state index contributed by atoms with van der Waals surface area (Å²) in [6, 6.07) is 13.8. The van der Waals surface area contributed by atoms with Crippen LogP contribution in [-0.4, -0.2) is 66.7 Å². The van der Waals surface area contributed by atoms with Gasteiger partial charge in [0, 0.05) is 32.7 Å². The van der Waals surface area contributed by atoms with Crippen LogP contribution in [-0.2, 0) is 22.7 Å². The fourth-order valence-electron chi connectivity index (χ4n) is 4.25. The van der Waals surface area contributed by atoms with Crippen molar-refractivity contribution in [1.29, 1.82) is 0 Å². The van der Waals surface area contributed by atoms with E-state index in [1.807, 2.05) is 12.1 Å². The van der Waals surface area contributed by atoms with E-state index in [2.05, 4.69) is 46.4 Å². The minimum atomic E-state index is -0.409. The van der Waals surface area contributed by atoms with E-state index in [9.17, 15) is 14.4 Å². The predicted octanol–water partition coefficient (Wildman–Crippen LogP) is 2.68. The average Bonchev–Trinajstić information content (AvgIpc) is 3.15. The van der Waals surface area contributed by atoms with Gasteiger partial charge in [-0.25, -0.2) is 0 Å². The van der Waals surface area contributed by atoms with Gasteiger partial charge in [-0.05, 0) is 53.7 Å². The number of imide groups is 1. The van der Waals surface area contributed by atoms with Crippen molar-refractivity contribution in [3.63, 3.8) is 0 Å². The van der Waals surface area contributed by atoms with Crippen LogP contribution in [0.4, 0.5) is 10.5 Å². The van der Waals surface area contributed by atoms with E-state index in [0.29, 0.717) is 22.9 Å². The Morgan fingerprint density at radius 2 is 1.68 bits per heavy atom. The van der Waals surface area contributed by atoms with E-state index in [1.165, 1.54) is 5.56 Å². The van der Waals surface area contributed by atoms with Crippen LogP contribution in [0.25, 0.3) is 6.08 Å². The number of nitrogens with zero attached hydrogens (tertiary/aromatic N) is 3. The molecule has 9 heteroatoms. The Labute approximate surface area is 202 Å². The summed E-state index contributed by atoms with van der Waals surface area (Å²) in [4.78, 5) is 42.9. The molecule has 176 valence electrons. The molecule has 0 radical (unpaired) electrons. The Morgan fingerprint density at radius 1 is 0.971 bits per heavy atom. The highest BCUT2D eigenvalue weighted by atomic mass is 32.2. The van der Waals surface area contributed by atoms with Crippen LogP contribution in [0.2, 0.25) is 0 Å². The number of anilines is 1. The fraction of sp³-hybridized carbons (Fsp3) is 0.320. The lowest BCUT2D eigenvalue weighted by atomic mass is 10.1. The number of benzene rings is 2. The molecule has 0 saturated carbocycles. The Kier molecular flexibility index (Phi) is 6.40. The Morgan fingerprint density at radius 3 is 2.35 bits per heavy atom. The van der Waals surface area contributed by atoms with Crippen LogP contribution in [0.3, 0.4) is 0 Å². The maximum Gasteiger partial charge on any atom is 0.290 e. The zero-order chi connectivity index (χ0) is 23.7. The van der Waals surface area contributed by atoms with Crippen molar-refractivity contribution in [2.45, 2.75) is 13.1 Å². The minimum absolute atomic E-state index is 0.0122. The van der Waals surface area contributed by atoms with Crippen molar-refractivity contribution < 1.29 is 19.1 Å². The average molecular weight is 479 g/mol. The third-order valence-corrected chi connectivity index (χ3v) is 7.04. The number of amides is 3. The van der Waals surface area contributed by atoms with Gasteiger partial charge in [0.05, 0.1) is 17.1 Å². The molecule has 0 aromatic heterocycles. The van der Waals surface area contributed by atoms with Gasteiger partial charge in [-0.3, -0.25) is 24.6 Å². The van der Waals surface area contributed by atoms with E-state index in [-0.39, 0.29) is 17.8 Å². The van der Waals surface area contributed by atoms with Gasteiger partial charge in [0.15, 0.2) is 6.61 Å². The van der Waals surface area contributed by atoms with E-state index in [0.717, 1.165) is 55.6 Å². The Balaban J connectivity index is 1.31. The van der Waals surface area contributed by atoms with Gasteiger partial charge >= 0.3 is 0 Å². The van der Waals surface area contributed by atoms with E-state index >= 15 is 0 Å². The van der Waals surface area contributed by atoms with Gasteiger partial charge in [-0.2, -0.15) is 0 Å². The summed E-state index contributed by atoms with van der Waals surface area (Å²) in [6.45, 7) is 5.68. The van der Waals surface area contributed by atoms with Crippen molar-refractivity contribution in [2.24, 2.45) is 0 Å². The minimum Gasteiger partial charge on any atom is -0.482 e. The van der Waals surface area contributed by atoms with Crippen molar-refractivity contribution in [3.8, 4) is 5.75 Å². The van der Waals surface area contributed by atoms with E-state index < -0.39 is 5.91 Å². The van der Waals surface area contributed by atoms with Gasteiger partial charge in [0.2, 0.25) is 0 Å². The number of fused-ring (bicyclic) bond motifs is 1. The number of rotatable bonds is 5. The summed E-state index contributed by atoms with van der Waals surface area (Å²) in [5.41, 5.74) is 3.67. The van der Waals surface area contributed by atoms with Crippen LogP contribution >= 0.6 is 11.8 Å². The largest absolute Gasteiger partial charge is 0.482 e. The number of hydrogen-bond acceptors (Lipinski definition) is 7. The van der Waals surface area contributed by atoms with Crippen LogP contribution in [0.5, 0.6) is 5.75 Å². The van der Waals surface area contributed by atoms with Crippen molar-refractivity contribution >= 4 is 40.6 Å². The molecule has 0 spiro atoms. The maximum atomic E-state index is 12.7. The lowest BCUT2D eigenvalue weighted by Crippen LogP contribution is -2.43. The zero-order valence-corrected chi connectivity index (χ0v) is 19.8. The number of thioether (sulfide) groups is 1. The molecule has 2 aromatic carbocycles. The Bertz CT molecular complexity index is 1160. The smallest absolute Gasteiger partial charge is 0.290 e. The van der Waals surface area contributed by atoms with Crippen LogP contribution < -0.4 is 15.0 Å². The highest BCUT2D eigenvalue weighted by Gasteiger charge is 2.28. The number of carbonyl (C=O) groups excluding carboxylic acids is 3. The quantitative estimate of drug-likeness (QED) is 0.662. The zero-order valence-electron chi connectivity index (χ0n) is 19.0. The van der Waals surface area contributed by atoms with Gasteiger partial charge < -0.3 is 14.5 Å². The molecule has 2 aromatic rings. The van der Waals surface area contributed by atoms with Gasteiger partial charge in [0.25, 0.3) is 17.1 Å². The summed E-state index contributed by atoms with van der Waals surface area (Å²) in [7, 11) is 2.16. The number of piperazine rings is 1. The third kappa shape index (κ3) is 5.01. The van der Waals surface area contributed by atoms with E-state index in [1.54, 1.807) is 17.0 Å². The second-order valence-corrected chi connectivity index (χ2v) is 9.76. The van der Waals surface area contributed by atoms with Crippen molar-refractivity contribution in [1.82, 2.24) is 15.1 Å². The number of hydrogen-bond donors (Lipinski definition) is 1. The third-order valence-electron chi connectivity index (χ3n) is 6.23. The molecule has 1 N–H and O–H groups in total. The molecule has 0 unspecified atom stereocenters. The molecule has 0 atom stereocenters. The molecule has 3 amide bonds. The molecule has 34 heavy (non-hydrogen) atoms. The molecule has 8 nitrogen and oxygen atoms in total. The summed E-state index contributed by atoms with van der Waals surface area (Å²) in [5.74, 6) is 0.0867. The lowest BCUT2D eigenvalue weighted by molar-refractivity contribution is -0.121. The van der Waals surface area contributed by atoms with Crippen LogP contribution in [0.1, 0.15) is 16.7 Å². The second-order valence-electron chi connectivity index (χ2n) is 8.74. The summed E-state index contributed by atoms with van der Waals surface area (Å²) >= 11 is 0.868. The maximum absolute atomic E-state index is 12.7. The molecule has 2 fully saturated rings. The van der Waals surface area contributed by atoms with Gasteiger partial charge in [0.1, 0.15) is 5.75 Å². The Hall–Kier alpha value is -3.14. The number of ether oxygens (including phenoxy) is 1. The van der Waals surface area contributed by atoms with Crippen molar-refractivity contribution in [2.75, 3.05) is 44.7 Å². The van der Waals surface area contributed by atoms with E-state index in [4.69, 9.17) is 4.74 Å².